The molecule has 0 saturated carbocycles. The number of benzene rings is 8. The van der Waals surface area contributed by atoms with Crippen molar-refractivity contribution in [2.75, 3.05) is 13.2 Å². The number of hydrogen-bond donors (Lipinski definition) is 2. The van der Waals surface area contributed by atoms with Crippen LogP contribution >= 0.6 is 31.9 Å². The van der Waals surface area contributed by atoms with Gasteiger partial charge < -0.3 is 14.9 Å². The van der Waals surface area contributed by atoms with Gasteiger partial charge in [0.15, 0.2) is 11.6 Å². The number of Topliss-reactive ketones (excluding diaryl/α,β-unsaturated/α-hetero) is 2. The molecule has 8 heteroatoms. The molecule has 0 radical (unpaired) electrons. The van der Waals surface area contributed by atoms with Crippen LogP contribution in [0, 0.1) is 29.7 Å². The molecule has 0 bridgehead atoms. The second-order valence-electron chi connectivity index (χ2n) is 19.1. The van der Waals surface area contributed by atoms with Crippen LogP contribution in [0.4, 0.5) is 0 Å². The maximum absolute atomic E-state index is 13.2. The van der Waals surface area contributed by atoms with E-state index in [9.17, 15) is 19.8 Å². The first kappa shape index (κ1) is 54.3. The Labute approximate surface area is 474 Å². The number of allylic oxidation sites excluding steroid dienone is 6. The van der Waals surface area contributed by atoms with Gasteiger partial charge >= 0.3 is 18.9 Å². The van der Waals surface area contributed by atoms with Crippen molar-refractivity contribution < 1.29 is 43.4 Å². The number of ether oxygens (including phenoxy) is 1. The summed E-state index contributed by atoms with van der Waals surface area (Å²) >= 11 is 7.02. The Morgan fingerprint density at radius 2 is 0.882 bits per heavy atom. The fraction of sp³-hybridized carbons (Fsp3) is 0.147. The molecule has 8 aromatic rings. The Morgan fingerprint density at radius 1 is 0.434 bits per heavy atom. The van der Waals surface area contributed by atoms with Crippen molar-refractivity contribution in [3.05, 3.63) is 297 Å². The van der Waals surface area contributed by atoms with Gasteiger partial charge in [-0.25, -0.2) is 0 Å². The quantitative estimate of drug-likeness (QED) is 0.133. The minimum atomic E-state index is -1.41. The number of hydrogen-bond acceptors (Lipinski definition) is 5. The molecule has 372 valence electrons. The van der Waals surface area contributed by atoms with Gasteiger partial charge in [0, 0.05) is 45.1 Å². The van der Waals surface area contributed by atoms with Crippen molar-refractivity contribution in [1.29, 1.82) is 0 Å². The van der Waals surface area contributed by atoms with Gasteiger partial charge in [-0.15, -0.1) is 35.9 Å². The van der Waals surface area contributed by atoms with Crippen molar-refractivity contribution >= 4 is 43.4 Å². The largest absolute Gasteiger partial charge is 1.00 e. The number of carbonyl (C=O) groups is 2. The van der Waals surface area contributed by atoms with Gasteiger partial charge in [0.25, 0.3) is 0 Å². The predicted molar refractivity (Wildman–Crippen MR) is 308 cm³/mol. The molecule has 6 unspecified atom stereocenters. The van der Waals surface area contributed by atoms with Crippen molar-refractivity contribution in [1.82, 2.24) is 0 Å². The molecular weight excluding hydrogens is 1060 g/mol. The standard InChI is InChI=1S/C38H29BrO2.C14H9BrO2.C12H9.C4H8O.Li/c39-28-23-24-35-36(25-28)38(41,32-20-10-8-18-30(32)27-15-5-2-6-16-27)34-22-12-11-21-33(34)37(35,40)31-19-9-7-17-29(31)26-13-3-1-4-14-26;15-8-5-6-11-12(7-8)14(17)10-4-2-1-3-9(10)13(11)16;1-3-7-11(8-4-1)12-9-5-2-6-10-12;1-2-4-5-3-1;/h1-25,33-34,40-41H;1-7,9-10H;1-9H;1-4H2;/q;;-1;;+1. The molecule has 5 nitrogen and oxygen atoms in total. The summed E-state index contributed by atoms with van der Waals surface area (Å²) in [5.74, 6) is -1.44. The number of carbonyl (C=O) groups excluding carboxylic acids is 2. The summed E-state index contributed by atoms with van der Waals surface area (Å²) in [4.78, 5) is 24.5. The van der Waals surface area contributed by atoms with Gasteiger partial charge in [-0.05, 0) is 87.7 Å². The van der Waals surface area contributed by atoms with E-state index < -0.39 is 23.0 Å². The fourth-order valence-corrected chi connectivity index (χ4v) is 11.8. The van der Waals surface area contributed by atoms with Gasteiger partial charge in [0.2, 0.25) is 0 Å². The molecule has 1 aliphatic heterocycles. The first-order chi connectivity index (χ1) is 36.7. The Hall–Kier alpha value is -6.50. The molecule has 6 atom stereocenters. The monoisotopic (exact) mass is 1120 g/mol. The number of fused-ring (bicyclic) bond motifs is 4. The van der Waals surface area contributed by atoms with E-state index in [1.54, 1.807) is 18.2 Å². The second kappa shape index (κ2) is 24.7. The van der Waals surface area contributed by atoms with E-state index in [0.717, 1.165) is 61.1 Å². The van der Waals surface area contributed by atoms with E-state index >= 15 is 0 Å². The van der Waals surface area contributed by atoms with Crippen LogP contribution in [0.25, 0.3) is 33.4 Å². The van der Waals surface area contributed by atoms with Crippen molar-refractivity contribution in [2.24, 2.45) is 23.7 Å². The minimum Gasteiger partial charge on any atom is -0.381 e. The zero-order chi connectivity index (χ0) is 51.8. The van der Waals surface area contributed by atoms with Crippen LogP contribution in [0.15, 0.2) is 258 Å². The third-order valence-corrected chi connectivity index (χ3v) is 15.6. The molecule has 0 aromatic heterocycles. The van der Waals surface area contributed by atoms with Crippen LogP contribution in [0.1, 0.15) is 55.8 Å². The normalized spacial score (nSPS) is 22.1. The summed E-state index contributed by atoms with van der Waals surface area (Å²) in [6.07, 6.45) is 17.9. The third kappa shape index (κ3) is 11.0. The number of ketones is 2. The topological polar surface area (TPSA) is 83.8 Å². The van der Waals surface area contributed by atoms with Crippen LogP contribution in [0.5, 0.6) is 0 Å². The van der Waals surface area contributed by atoms with E-state index in [2.05, 4.69) is 105 Å². The number of aliphatic hydroxyl groups is 2. The van der Waals surface area contributed by atoms with Gasteiger partial charge in [-0.1, -0.05) is 232 Å². The molecular formula is C68H55Br2LiO5. The SMILES string of the molecule is C1CCOC1.O=C1c2ccc(Br)cc2C(=O)C2C=CC=CC12.OC1(c2ccccc2-c2ccccc2)c2ccc(Br)cc2C(O)(c2ccccc2-c2ccccc2)C2C=CC=CC21.[Li+].[c-]1ccccc1-c1ccccc1. The molecule has 5 aliphatic rings. The average molecular weight is 1120 g/mol. The molecule has 0 amide bonds. The Kier molecular flexibility index (Phi) is 17.6. The Balaban J connectivity index is 0.000000163. The van der Waals surface area contributed by atoms with Crippen LogP contribution in [0.3, 0.4) is 0 Å². The molecule has 0 spiro atoms. The summed E-state index contributed by atoms with van der Waals surface area (Å²) in [6, 6.07) is 69.2. The van der Waals surface area contributed by atoms with E-state index in [4.69, 9.17) is 4.74 Å². The summed E-state index contributed by atoms with van der Waals surface area (Å²) in [7, 11) is 0. The Bertz CT molecular complexity index is 3380. The molecule has 1 saturated heterocycles. The minimum absolute atomic E-state index is 0. The van der Waals surface area contributed by atoms with Crippen LogP contribution in [-0.2, 0) is 15.9 Å². The molecule has 2 N–H and O–H groups in total. The van der Waals surface area contributed by atoms with E-state index in [0.29, 0.717) is 22.3 Å². The van der Waals surface area contributed by atoms with Crippen molar-refractivity contribution in [3.8, 4) is 33.4 Å². The number of halogens is 2. The maximum Gasteiger partial charge on any atom is 1.00 e. The fourth-order valence-electron chi connectivity index (χ4n) is 11.1. The summed E-state index contributed by atoms with van der Waals surface area (Å²) in [5.41, 5.74) is 7.70. The first-order valence-electron chi connectivity index (χ1n) is 25.4. The summed E-state index contributed by atoms with van der Waals surface area (Å²) < 4.78 is 6.62. The van der Waals surface area contributed by atoms with Gasteiger partial charge in [0.05, 0.1) is 11.8 Å². The number of rotatable bonds is 5. The van der Waals surface area contributed by atoms with E-state index in [1.165, 1.54) is 18.4 Å². The van der Waals surface area contributed by atoms with Gasteiger partial charge in [-0.3, -0.25) is 9.59 Å². The van der Waals surface area contributed by atoms with Crippen LogP contribution in [-0.4, -0.2) is 35.0 Å². The average Bonchev–Trinajstić information content (AvgIpc) is 4.21. The molecule has 13 rings (SSSR count). The maximum atomic E-state index is 13.2. The summed E-state index contributed by atoms with van der Waals surface area (Å²) in [5, 5.41) is 26.4. The second-order valence-corrected chi connectivity index (χ2v) is 20.9. The van der Waals surface area contributed by atoms with E-state index in [1.807, 2.05) is 164 Å². The third-order valence-electron chi connectivity index (χ3n) is 14.6. The molecule has 8 aromatic carbocycles. The zero-order valence-corrected chi connectivity index (χ0v) is 45.4. The van der Waals surface area contributed by atoms with Crippen LogP contribution in [0.2, 0.25) is 0 Å². The molecule has 1 heterocycles. The molecule has 76 heavy (non-hydrogen) atoms. The smallest absolute Gasteiger partial charge is 0.381 e. The van der Waals surface area contributed by atoms with Crippen molar-refractivity contribution in [2.45, 2.75) is 24.0 Å². The molecule has 4 aliphatic carbocycles. The van der Waals surface area contributed by atoms with Gasteiger partial charge in [-0.2, -0.15) is 0 Å². The van der Waals surface area contributed by atoms with Crippen LogP contribution < -0.4 is 18.9 Å². The van der Waals surface area contributed by atoms with Crippen molar-refractivity contribution in [3.63, 3.8) is 0 Å². The Morgan fingerprint density at radius 3 is 1.39 bits per heavy atom. The molecule has 1 fully saturated rings. The van der Waals surface area contributed by atoms with E-state index in [-0.39, 0.29) is 42.3 Å². The zero-order valence-electron chi connectivity index (χ0n) is 42.2. The summed E-state index contributed by atoms with van der Waals surface area (Å²) in [6.45, 7) is 2.00. The first-order valence-corrected chi connectivity index (χ1v) is 27.0. The predicted octanol–water partition coefficient (Wildman–Crippen LogP) is 12.8. The van der Waals surface area contributed by atoms with Gasteiger partial charge in [0.1, 0.15) is 11.2 Å².